The van der Waals surface area contributed by atoms with Crippen molar-refractivity contribution in [2.45, 2.75) is 32.7 Å². The zero-order valence-corrected chi connectivity index (χ0v) is 21.8. The maximum atomic E-state index is 14.0. The molecule has 1 aromatic carbocycles. The van der Waals surface area contributed by atoms with Crippen molar-refractivity contribution in [3.8, 4) is 11.1 Å². The van der Waals surface area contributed by atoms with Crippen LogP contribution < -0.4 is 5.32 Å². The first-order valence-corrected chi connectivity index (χ1v) is 12.8. The number of carbonyl (C=O) groups excluding carboxylic acids is 1. The number of rotatable bonds is 8. The van der Waals surface area contributed by atoms with Gasteiger partial charge in [-0.2, -0.15) is 0 Å². The van der Waals surface area contributed by atoms with Crippen molar-refractivity contribution in [2.75, 3.05) is 19.0 Å². The number of aliphatic hydroxyl groups excluding tert-OH is 1. The summed E-state index contributed by atoms with van der Waals surface area (Å²) in [5.74, 6) is -0.0458. The molecule has 11 heteroatoms. The van der Waals surface area contributed by atoms with E-state index < -0.39 is 5.82 Å². The Morgan fingerprint density at radius 1 is 1.24 bits per heavy atom. The van der Waals surface area contributed by atoms with Crippen molar-refractivity contribution < 1.29 is 19.0 Å². The van der Waals surface area contributed by atoms with Crippen LogP contribution in [0.3, 0.4) is 0 Å². The van der Waals surface area contributed by atoms with Crippen molar-refractivity contribution in [2.24, 2.45) is 0 Å². The largest absolute Gasteiger partial charge is 0.392 e. The van der Waals surface area contributed by atoms with E-state index in [4.69, 9.17) is 16.3 Å². The first-order chi connectivity index (χ1) is 17.9. The molecular formula is C26H25ClFN5O3S. The highest BCUT2D eigenvalue weighted by Crippen LogP contribution is 2.34. The highest BCUT2D eigenvalue weighted by Gasteiger charge is 2.34. The highest BCUT2D eigenvalue weighted by atomic mass is 35.5. The second kappa shape index (κ2) is 10.6. The summed E-state index contributed by atoms with van der Waals surface area (Å²) in [5.41, 5.74) is 3.12. The SMILES string of the molecule is COC[C@H]1Cn2cc(-c3cc(Nc4ncc(C)s4)ncc3Cl)cc2C(=O)N1Cc1cc(F)ccc1CO. The van der Waals surface area contributed by atoms with E-state index in [0.29, 0.717) is 40.8 Å². The number of hydrogen-bond donors (Lipinski definition) is 2. The number of nitrogens with zero attached hydrogens (tertiary/aromatic N) is 4. The lowest BCUT2D eigenvalue weighted by Crippen LogP contribution is -2.49. The Hall–Kier alpha value is -3.31. The zero-order chi connectivity index (χ0) is 26.1. The molecule has 192 valence electrons. The van der Waals surface area contributed by atoms with Crippen molar-refractivity contribution in [3.63, 3.8) is 0 Å². The molecular weight excluding hydrogens is 517 g/mol. The molecule has 4 aromatic rings. The van der Waals surface area contributed by atoms with Crippen LogP contribution in [0.5, 0.6) is 0 Å². The van der Waals surface area contributed by atoms with Crippen molar-refractivity contribution >= 4 is 39.8 Å². The minimum Gasteiger partial charge on any atom is -0.392 e. The van der Waals surface area contributed by atoms with E-state index in [1.165, 1.54) is 29.5 Å². The topological polar surface area (TPSA) is 92.5 Å². The number of amides is 1. The number of carbonyl (C=O) groups is 1. The first kappa shape index (κ1) is 25.3. The molecule has 3 aromatic heterocycles. The normalized spacial score (nSPS) is 15.2. The molecule has 2 N–H and O–H groups in total. The monoisotopic (exact) mass is 541 g/mol. The summed E-state index contributed by atoms with van der Waals surface area (Å²) >= 11 is 8.03. The summed E-state index contributed by atoms with van der Waals surface area (Å²) in [6.07, 6.45) is 5.25. The molecule has 1 aliphatic heterocycles. The first-order valence-electron chi connectivity index (χ1n) is 11.6. The number of hydrogen-bond acceptors (Lipinski definition) is 7. The number of thiazole rings is 1. The molecule has 0 saturated heterocycles. The van der Waals surface area contributed by atoms with Gasteiger partial charge in [0.15, 0.2) is 5.13 Å². The third-order valence-corrected chi connectivity index (χ3v) is 7.42. The van der Waals surface area contributed by atoms with Crippen LogP contribution in [0.25, 0.3) is 11.1 Å². The number of halogens is 2. The number of ether oxygens (including phenoxy) is 1. The van der Waals surface area contributed by atoms with E-state index >= 15 is 0 Å². The summed E-state index contributed by atoms with van der Waals surface area (Å²) in [5, 5.41) is 14.1. The Bertz CT molecular complexity index is 1460. The van der Waals surface area contributed by atoms with Gasteiger partial charge >= 0.3 is 0 Å². The smallest absolute Gasteiger partial charge is 0.271 e. The van der Waals surface area contributed by atoms with Crippen molar-refractivity contribution in [1.29, 1.82) is 0 Å². The van der Waals surface area contributed by atoms with Crippen LogP contribution >= 0.6 is 22.9 Å². The second-order valence-corrected chi connectivity index (χ2v) is 10.5. The number of benzene rings is 1. The molecule has 5 rings (SSSR count). The average molecular weight is 542 g/mol. The van der Waals surface area contributed by atoms with E-state index in [-0.39, 0.29) is 25.1 Å². The third-order valence-electron chi connectivity index (χ3n) is 6.29. The molecule has 0 radical (unpaired) electrons. The Labute approximate surface area is 222 Å². The molecule has 0 bridgehead atoms. The number of aromatic nitrogens is 3. The Kier molecular flexibility index (Phi) is 7.25. The van der Waals surface area contributed by atoms with E-state index in [1.54, 1.807) is 30.5 Å². The van der Waals surface area contributed by atoms with Gasteiger partial charge in [0, 0.05) is 54.8 Å². The molecule has 37 heavy (non-hydrogen) atoms. The predicted octanol–water partition coefficient (Wildman–Crippen LogP) is 5.01. The summed E-state index contributed by atoms with van der Waals surface area (Å²) in [6, 6.07) is 7.55. The van der Waals surface area contributed by atoms with Gasteiger partial charge in [0.05, 0.1) is 24.3 Å². The van der Waals surface area contributed by atoms with Gasteiger partial charge < -0.3 is 24.6 Å². The summed E-state index contributed by atoms with van der Waals surface area (Å²) in [4.78, 5) is 25.1. The lowest BCUT2D eigenvalue weighted by Gasteiger charge is -2.36. The van der Waals surface area contributed by atoms with E-state index in [1.807, 2.05) is 23.8 Å². The summed E-state index contributed by atoms with van der Waals surface area (Å²) in [6.45, 7) is 2.68. The quantitative estimate of drug-likeness (QED) is 0.325. The van der Waals surface area contributed by atoms with Gasteiger partial charge in [-0.05, 0) is 42.3 Å². The highest BCUT2D eigenvalue weighted by molar-refractivity contribution is 7.15. The van der Waals surface area contributed by atoms with Gasteiger partial charge in [-0.1, -0.05) is 17.7 Å². The van der Waals surface area contributed by atoms with Gasteiger partial charge in [-0.25, -0.2) is 14.4 Å². The number of anilines is 2. The fraction of sp³-hybridized carbons (Fsp3) is 0.269. The second-order valence-electron chi connectivity index (χ2n) is 8.83. The van der Waals surface area contributed by atoms with Gasteiger partial charge in [0.25, 0.3) is 5.91 Å². The van der Waals surface area contributed by atoms with Crippen LogP contribution in [0.15, 0.2) is 48.9 Å². The lowest BCUT2D eigenvalue weighted by atomic mass is 10.0. The molecule has 0 aliphatic carbocycles. The molecule has 1 amide bonds. The standard InChI is InChI=1S/C26H25ClFN5O3S/c1-15-8-30-26(37-15)31-24-7-21(22(27)9-29-24)18-6-23-25(35)33(20(14-36-2)12-32(23)10-18)11-17-5-19(28)4-3-16(17)13-34/h3-10,20,34H,11-14H2,1-2H3,(H,29,30,31)/t20-/m1/s1. The molecule has 0 unspecified atom stereocenters. The Balaban J connectivity index is 1.47. The Morgan fingerprint density at radius 2 is 2.08 bits per heavy atom. The van der Waals surface area contributed by atoms with E-state index in [9.17, 15) is 14.3 Å². The summed E-state index contributed by atoms with van der Waals surface area (Å²) < 4.78 is 21.3. The fourth-order valence-corrected chi connectivity index (χ4v) is 5.38. The number of pyridine rings is 1. The van der Waals surface area contributed by atoms with Crippen molar-refractivity contribution in [3.05, 3.63) is 81.5 Å². The molecule has 1 aliphatic rings. The number of nitrogens with one attached hydrogen (secondary N) is 1. The van der Waals surface area contributed by atoms with Gasteiger partial charge in [0.1, 0.15) is 17.3 Å². The molecule has 1 atom stereocenters. The summed E-state index contributed by atoms with van der Waals surface area (Å²) in [7, 11) is 1.58. The van der Waals surface area contributed by atoms with E-state index in [2.05, 4.69) is 15.3 Å². The van der Waals surface area contributed by atoms with E-state index in [0.717, 1.165) is 21.1 Å². The van der Waals surface area contributed by atoms with Crippen LogP contribution in [0.4, 0.5) is 15.3 Å². The zero-order valence-electron chi connectivity index (χ0n) is 20.2. The third kappa shape index (κ3) is 5.24. The fourth-order valence-electron chi connectivity index (χ4n) is 4.49. The molecule has 0 spiro atoms. The van der Waals surface area contributed by atoms with Gasteiger partial charge in [-0.3, -0.25) is 4.79 Å². The maximum absolute atomic E-state index is 14.0. The van der Waals surface area contributed by atoms with Gasteiger partial charge in [-0.15, -0.1) is 11.3 Å². The minimum atomic E-state index is -0.421. The molecule has 4 heterocycles. The molecule has 0 saturated carbocycles. The van der Waals surface area contributed by atoms with Crippen LogP contribution in [-0.4, -0.2) is 50.2 Å². The number of aryl methyl sites for hydroxylation is 1. The maximum Gasteiger partial charge on any atom is 0.271 e. The van der Waals surface area contributed by atoms with Gasteiger partial charge in [0.2, 0.25) is 0 Å². The number of methoxy groups -OCH3 is 1. The van der Waals surface area contributed by atoms with Crippen LogP contribution in [-0.2, 0) is 24.4 Å². The van der Waals surface area contributed by atoms with Crippen LogP contribution in [0.1, 0.15) is 26.5 Å². The van der Waals surface area contributed by atoms with Crippen molar-refractivity contribution in [1.82, 2.24) is 19.4 Å². The molecule has 0 fully saturated rings. The van der Waals surface area contributed by atoms with Crippen LogP contribution in [0, 0.1) is 12.7 Å². The number of aliphatic hydroxyl groups is 1. The average Bonchev–Trinajstić information content (AvgIpc) is 3.49. The van der Waals surface area contributed by atoms with Crippen LogP contribution in [0.2, 0.25) is 5.02 Å². The molecule has 8 nitrogen and oxygen atoms in total. The number of fused-ring (bicyclic) bond motifs is 1. The Morgan fingerprint density at radius 3 is 2.81 bits per heavy atom. The lowest BCUT2D eigenvalue weighted by molar-refractivity contribution is 0.0386. The minimum absolute atomic E-state index is 0.151. The predicted molar refractivity (Wildman–Crippen MR) is 141 cm³/mol.